The van der Waals surface area contributed by atoms with E-state index < -0.39 is 0 Å². The van der Waals surface area contributed by atoms with Gasteiger partial charge in [0.2, 0.25) is 0 Å². The number of nitrogens with two attached hydrogens (primary N) is 1. The van der Waals surface area contributed by atoms with Gasteiger partial charge in [-0.25, -0.2) is 4.98 Å². The Morgan fingerprint density at radius 3 is 3.11 bits per heavy atom. The fourth-order valence-corrected chi connectivity index (χ4v) is 2.93. The summed E-state index contributed by atoms with van der Waals surface area (Å²) < 4.78 is 0. The quantitative estimate of drug-likeness (QED) is 0.776. The summed E-state index contributed by atoms with van der Waals surface area (Å²) in [6.07, 6.45) is 1.62. The Kier molecular flexibility index (Phi) is 4.83. The van der Waals surface area contributed by atoms with E-state index >= 15 is 0 Å². The number of thioether (sulfide) groups is 1. The van der Waals surface area contributed by atoms with Crippen molar-refractivity contribution in [1.29, 1.82) is 0 Å². The lowest BCUT2D eigenvalue weighted by atomic mass is 10.2. The van der Waals surface area contributed by atoms with Gasteiger partial charge in [0.15, 0.2) is 0 Å². The normalized spacial score (nSPS) is 18.6. The lowest BCUT2D eigenvalue weighted by Crippen LogP contribution is -2.41. The average Bonchev–Trinajstić information content (AvgIpc) is 2.45. The van der Waals surface area contributed by atoms with E-state index in [1.807, 2.05) is 22.7 Å². The molecule has 1 aliphatic rings. The molecule has 0 saturated carbocycles. The molecule has 0 spiro atoms. The third-order valence-electron chi connectivity index (χ3n) is 2.85. The van der Waals surface area contributed by atoms with E-state index in [0.717, 1.165) is 24.4 Å². The molecule has 2 N–H and O–H groups in total. The Balaban J connectivity index is 2.07. The zero-order chi connectivity index (χ0) is 13.7. The molecule has 1 amide bonds. The summed E-state index contributed by atoms with van der Waals surface area (Å²) in [5.74, 6) is 6.65. The van der Waals surface area contributed by atoms with Crippen LogP contribution in [-0.2, 0) is 0 Å². The fraction of sp³-hybridized carbons (Fsp3) is 0.429. The van der Waals surface area contributed by atoms with E-state index in [-0.39, 0.29) is 5.91 Å². The van der Waals surface area contributed by atoms with Gasteiger partial charge in [-0.15, -0.1) is 0 Å². The number of pyridine rings is 1. The van der Waals surface area contributed by atoms with Crippen LogP contribution in [0, 0.1) is 11.8 Å². The monoisotopic (exact) mass is 275 g/mol. The molecule has 0 radical (unpaired) electrons. The molecule has 1 saturated heterocycles. The Labute approximate surface area is 117 Å². The predicted molar refractivity (Wildman–Crippen MR) is 78.0 cm³/mol. The van der Waals surface area contributed by atoms with E-state index in [4.69, 9.17) is 5.73 Å². The van der Waals surface area contributed by atoms with Gasteiger partial charge >= 0.3 is 0 Å². The molecule has 1 aliphatic heterocycles. The minimum absolute atomic E-state index is 0.00508. The van der Waals surface area contributed by atoms with Crippen LogP contribution < -0.4 is 5.73 Å². The van der Waals surface area contributed by atoms with Crippen LogP contribution in [0.2, 0.25) is 0 Å². The van der Waals surface area contributed by atoms with Crippen LogP contribution in [0.3, 0.4) is 0 Å². The minimum atomic E-state index is 0.00508. The number of rotatable bonds is 1. The summed E-state index contributed by atoms with van der Waals surface area (Å²) in [6, 6.07) is 3.54. The second kappa shape index (κ2) is 6.60. The largest absolute Gasteiger partial charge is 0.335 e. The number of hydrogen-bond acceptors (Lipinski definition) is 4. The highest BCUT2D eigenvalue weighted by Gasteiger charge is 2.22. The molecule has 2 rings (SSSR count). The average molecular weight is 275 g/mol. The van der Waals surface area contributed by atoms with E-state index in [2.05, 4.69) is 23.7 Å². The summed E-state index contributed by atoms with van der Waals surface area (Å²) in [5.41, 5.74) is 6.57. The van der Waals surface area contributed by atoms with Crippen molar-refractivity contribution in [3.8, 4) is 11.8 Å². The highest BCUT2D eigenvalue weighted by molar-refractivity contribution is 7.99. The van der Waals surface area contributed by atoms with E-state index in [1.165, 1.54) is 0 Å². The Bertz CT molecular complexity index is 504. The van der Waals surface area contributed by atoms with Gasteiger partial charge in [-0.05, 0) is 12.1 Å². The molecular formula is C14H17N3OS. The molecule has 1 unspecified atom stereocenters. The molecule has 1 fully saturated rings. The number of carbonyl (C=O) groups is 1. The first kappa shape index (κ1) is 13.9. The second-order valence-electron chi connectivity index (χ2n) is 4.37. The Morgan fingerprint density at radius 2 is 2.47 bits per heavy atom. The molecule has 19 heavy (non-hydrogen) atoms. The van der Waals surface area contributed by atoms with Crippen molar-refractivity contribution >= 4 is 17.7 Å². The molecule has 1 atom stereocenters. The fourth-order valence-electron chi connectivity index (χ4n) is 1.91. The third-order valence-corrected chi connectivity index (χ3v) is 3.98. The van der Waals surface area contributed by atoms with Crippen LogP contribution in [0.15, 0.2) is 18.3 Å². The summed E-state index contributed by atoms with van der Waals surface area (Å²) >= 11 is 1.90. The van der Waals surface area contributed by atoms with Gasteiger partial charge in [-0.3, -0.25) is 4.79 Å². The van der Waals surface area contributed by atoms with Gasteiger partial charge < -0.3 is 10.6 Å². The highest BCUT2D eigenvalue weighted by atomic mass is 32.2. The zero-order valence-corrected chi connectivity index (χ0v) is 11.7. The molecular weight excluding hydrogens is 258 g/mol. The van der Waals surface area contributed by atoms with E-state index in [1.54, 1.807) is 12.3 Å². The Hall–Kier alpha value is -1.51. The highest BCUT2D eigenvalue weighted by Crippen LogP contribution is 2.19. The van der Waals surface area contributed by atoms with Crippen LogP contribution in [0.5, 0.6) is 0 Å². The molecule has 100 valence electrons. The molecule has 0 aromatic carbocycles. The standard InChI is InChI=1S/C14H17N3OS/c1-11-10-17(7-8-19-11)14(18)13-5-4-12(9-16-13)3-2-6-15/h4-5,9,11H,6-8,10,15H2,1H3. The maximum absolute atomic E-state index is 12.3. The molecule has 1 aromatic rings. The molecule has 0 bridgehead atoms. The molecule has 1 aromatic heterocycles. The number of amides is 1. The van der Waals surface area contributed by atoms with Crippen molar-refractivity contribution < 1.29 is 4.79 Å². The van der Waals surface area contributed by atoms with Crippen LogP contribution in [0.25, 0.3) is 0 Å². The van der Waals surface area contributed by atoms with Crippen LogP contribution in [0.1, 0.15) is 23.0 Å². The lowest BCUT2D eigenvalue weighted by molar-refractivity contribution is 0.0757. The van der Waals surface area contributed by atoms with Crippen LogP contribution in [0.4, 0.5) is 0 Å². The van der Waals surface area contributed by atoms with Crippen LogP contribution >= 0.6 is 11.8 Å². The molecule has 0 aliphatic carbocycles. The van der Waals surface area contributed by atoms with E-state index in [0.29, 0.717) is 17.5 Å². The SMILES string of the molecule is CC1CN(C(=O)c2ccc(C#CCN)cn2)CCS1. The first-order valence-corrected chi connectivity index (χ1v) is 7.31. The van der Waals surface area contributed by atoms with Gasteiger partial charge in [0.1, 0.15) is 5.69 Å². The first-order valence-electron chi connectivity index (χ1n) is 6.26. The number of carbonyl (C=O) groups excluding carboxylic acids is 1. The summed E-state index contributed by atoms with van der Waals surface area (Å²) in [5, 5.41) is 0.493. The maximum atomic E-state index is 12.3. The van der Waals surface area contributed by atoms with Gasteiger partial charge in [-0.1, -0.05) is 18.8 Å². The molecule has 2 heterocycles. The van der Waals surface area contributed by atoms with Crippen molar-refractivity contribution in [1.82, 2.24) is 9.88 Å². The zero-order valence-electron chi connectivity index (χ0n) is 10.9. The summed E-state index contributed by atoms with van der Waals surface area (Å²) in [6.45, 7) is 4.05. The van der Waals surface area contributed by atoms with Gasteiger partial charge in [0.25, 0.3) is 5.91 Å². The van der Waals surface area contributed by atoms with Crippen molar-refractivity contribution in [3.63, 3.8) is 0 Å². The maximum Gasteiger partial charge on any atom is 0.272 e. The topological polar surface area (TPSA) is 59.2 Å². The second-order valence-corrected chi connectivity index (χ2v) is 5.92. The van der Waals surface area contributed by atoms with Gasteiger partial charge in [-0.2, -0.15) is 11.8 Å². The van der Waals surface area contributed by atoms with Gasteiger partial charge in [0.05, 0.1) is 6.54 Å². The van der Waals surface area contributed by atoms with Crippen molar-refractivity contribution in [3.05, 3.63) is 29.6 Å². The van der Waals surface area contributed by atoms with Crippen molar-refractivity contribution in [2.24, 2.45) is 5.73 Å². The first-order chi connectivity index (χ1) is 9.20. The molecule has 5 heteroatoms. The van der Waals surface area contributed by atoms with Crippen molar-refractivity contribution in [2.75, 3.05) is 25.4 Å². The van der Waals surface area contributed by atoms with E-state index in [9.17, 15) is 4.79 Å². The number of nitrogens with zero attached hydrogens (tertiary/aromatic N) is 2. The van der Waals surface area contributed by atoms with Crippen molar-refractivity contribution in [2.45, 2.75) is 12.2 Å². The Morgan fingerprint density at radius 1 is 1.63 bits per heavy atom. The smallest absolute Gasteiger partial charge is 0.272 e. The minimum Gasteiger partial charge on any atom is -0.335 e. The molecule has 4 nitrogen and oxygen atoms in total. The van der Waals surface area contributed by atoms with Gasteiger partial charge in [0, 0.05) is 35.9 Å². The van der Waals surface area contributed by atoms with Crippen LogP contribution in [-0.4, -0.2) is 46.4 Å². The number of hydrogen-bond donors (Lipinski definition) is 1. The summed E-state index contributed by atoms with van der Waals surface area (Å²) in [4.78, 5) is 18.3. The number of aromatic nitrogens is 1. The summed E-state index contributed by atoms with van der Waals surface area (Å²) in [7, 11) is 0. The lowest BCUT2D eigenvalue weighted by Gasteiger charge is -2.30. The third kappa shape index (κ3) is 3.72. The predicted octanol–water partition coefficient (Wildman–Crippen LogP) is 0.969.